The molecule has 15 heavy (non-hydrogen) atoms. The summed E-state index contributed by atoms with van der Waals surface area (Å²) in [5.74, 6) is 0.444. The van der Waals surface area contributed by atoms with Crippen LogP contribution in [-0.2, 0) is 14.2 Å². The quantitative estimate of drug-likeness (QED) is 0.673. The van der Waals surface area contributed by atoms with Crippen LogP contribution in [0, 0.1) is 5.92 Å². The van der Waals surface area contributed by atoms with Crippen LogP contribution in [0.5, 0.6) is 0 Å². The molecule has 0 bridgehead atoms. The van der Waals surface area contributed by atoms with E-state index in [1.165, 1.54) is 0 Å². The van der Waals surface area contributed by atoms with E-state index in [1.54, 1.807) is 7.11 Å². The van der Waals surface area contributed by atoms with E-state index in [2.05, 4.69) is 20.8 Å². The van der Waals surface area contributed by atoms with Crippen LogP contribution in [0.2, 0.25) is 0 Å². The monoisotopic (exact) mass is 214 g/mol. The normalized spacial score (nSPS) is 45.0. The first-order valence-electron chi connectivity index (χ1n) is 5.91. The molecule has 0 amide bonds. The van der Waals surface area contributed by atoms with Crippen molar-refractivity contribution in [3.05, 3.63) is 0 Å². The molecule has 88 valence electrons. The minimum atomic E-state index is 0.123. The van der Waals surface area contributed by atoms with Crippen molar-refractivity contribution in [1.82, 2.24) is 0 Å². The van der Waals surface area contributed by atoms with Crippen LogP contribution in [0.15, 0.2) is 0 Å². The van der Waals surface area contributed by atoms with E-state index in [0.717, 1.165) is 19.4 Å². The molecule has 0 aromatic rings. The molecule has 2 fully saturated rings. The highest BCUT2D eigenvalue weighted by atomic mass is 16.6. The first-order chi connectivity index (χ1) is 7.09. The van der Waals surface area contributed by atoms with Gasteiger partial charge in [-0.2, -0.15) is 0 Å². The summed E-state index contributed by atoms with van der Waals surface area (Å²) in [5, 5.41) is 0. The minimum absolute atomic E-state index is 0.123. The first-order valence-corrected chi connectivity index (χ1v) is 5.91. The molecular formula is C12H22O3. The molecule has 1 saturated carbocycles. The molecule has 1 spiro atoms. The molecule has 1 heterocycles. The van der Waals surface area contributed by atoms with Gasteiger partial charge in [0.2, 0.25) is 0 Å². The molecule has 1 aliphatic carbocycles. The van der Waals surface area contributed by atoms with Crippen LogP contribution >= 0.6 is 0 Å². The fraction of sp³-hybridized carbons (Fsp3) is 1.00. The predicted molar refractivity (Wildman–Crippen MR) is 57.9 cm³/mol. The lowest BCUT2D eigenvalue weighted by Gasteiger charge is -2.39. The van der Waals surface area contributed by atoms with Gasteiger partial charge in [-0.15, -0.1) is 0 Å². The third-order valence-corrected chi connectivity index (χ3v) is 3.78. The Hall–Kier alpha value is -0.120. The summed E-state index contributed by atoms with van der Waals surface area (Å²) in [6.45, 7) is 7.28. The average Bonchev–Trinajstić information content (AvgIpc) is 2.93. The number of rotatable bonds is 3. The highest BCUT2D eigenvalue weighted by Gasteiger charge is 2.56. The van der Waals surface area contributed by atoms with Gasteiger partial charge in [-0.1, -0.05) is 6.92 Å². The van der Waals surface area contributed by atoms with Gasteiger partial charge in [0, 0.05) is 13.0 Å². The van der Waals surface area contributed by atoms with E-state index >= 15 is 0 Å². The van der Waals surface area contributed by atoms with E-state index in [1.807, 2.05) is 0 Å². The van der Waals surface area contributed by atoms with Gasteiger partial charge in [0.15, 0.2) is 0 Å². The van der Waals surface area contributed by atoms with Crippen LogP contribution in [-0.4, -0.2) is 37.6 Å². The average molecular weight is 214 g/mol. The second-order valence-corrected chi connectivity index (χ2v) is 5.10. The van der Waals surface area contributed by atoms with E-state index in [9.17, 15) is 0 Å². The van der Waals surface area contributed by atoms with Gasteiger partial charge in [-0.3, -0.25) is 0 Å². The smallest absolute Gasteiger partial charge is 0.0968 e. The number of epoxide rings is 1. The summed E-state index contributed by atoms with van der Waals surface area (Å²) < 4.78 is 17.1. The standard InChI is InChI=1S/C12H22O3/c1-8(2)15-10-5-6-12(7-14-12)9(3)11(10)13-4/h8-11H,5-7H2,1-4H3/t9-,10?,11-,12-/m0/s1. The Morgan fingerprint density at radius 3 is 2.53 bits per heavy atom. The Balaban J connectivity index is 2.01. The fourth-order valence-electron chi connectivity index (χ4n) is 2.75. The van der Waals surface area contributed by atoms with Crippen molar-refractivity contribution in [2.24, 2.45) is 5.92 Å². The molecule has 0 N–H and O–H groups in total. The maximum absolute atomic E-state index is 5.91. The maximum atomic E-state index is 5.91. The van der Waals surface area contributed by atoms with Crippen LogP contribution in [0.25, 0.3) is 0 Å². The second-order valence-electron chi connectivity index (χ2n) is 5.10. The molecule has 2 aliphatic rings. The van der Waals surface area contributed by atoms with E-state index in [-0.39, 0.29) is 23.9 Å². The van der Waals surface area contributed by atoms with Crippen molar-refractivity contribution in [3.8, 4) is 0 Å². The van der Waals surface area contributed by atoms with Gasteiger partial charge >= 0.3 is 0 Å². The zero-order valence-electron chi connectivity index (χ0n) is 10.2. The Kier molecular flexibility index (Phi) is 3.06. The molecule has 1 unspecified atom stereocenters. The molecule has 4 atom stereocenters. The molecule has 1 aliphatic heterocycles. The van der Waals surface area contributed by atoms with Crippen molar-refractivity contribution in [2.45, 2.75) is 57.5 Å². The minimum Gasteiger partial charge on any atom is -0.378 e. The Bertz CT molecular complexity index is 223. The number of ether oxygens (including phenoxy) is 3. The predicted octanol–water partition coefficient (Wildman–Crippen LogP) is 1.99. The lowest BCUT2D eigenvalue weighted by atomic mass is 9.76. The molecule has 0 aromatic heterocycles. The Morgan fingerprint density at radius 2 is 2.07 bits per heavy atom. The summed E-state index contributed by atoms with van der Waals surface area (Å²) in [7, 11) is 1.78. The van der Waals surface area contributed by atoms with Gasteiger partial charge in [0.1, 0.15) is 0 Å². The summed E-state index contributed by atoms with van der Waals surface area (Å²) in [4.78, 5) is 0. The maximum Gasteiger partial charge on any atom is 0.0968 e. The van der Waals surface area contributed by atoms with E-state index < -0.39 is 0 Å². The molecule has 0 aromatic carbocycles. The first kappa shape index (κ1) is 11.4. The van der Waals surface area contributed by atoms with Gasteiger partial charge < -0.3 is 14.2 Å². The molecule has 0 radical (unpaired) electrons. The molecule has 2 rings (SSSR count). The van der Waals surface area contributed by atoms with Gasteiger partial charge in [0.05, 0.1) is 30.5 Å². The molecule has 3 nitrogen and oxygen atoms in total. The van der Waals surface area contributed by atoms with Crippen LogP contribution in [0.4, 0.5) is 0 Å². The van der Waals surface area contributed by atoms with Crippen LogP contribution in [0.3, 0.4) is 0 Å². The van der Waals surface area contributed by atoms with Crippen LogP contribution in [0.1, 0.15) is 33.6 Å². The number of methoxy groups -OCH3 is 1. The lowest BCUT2D eigenvalue weighted by Crippen LogP contribution is -2.48. The summed E-state index contributed by atoms with van der Waals surface area (Å²) in [6.07, 6.45) is 2.87. The van der Waals surface area contributed by atoms with Crippen molar-refractivity contribution in [3.63, 3.8) is 0 Å². The largest absolute Gasteiger partial charge is 0.378 e. The van der Waals surface area contributed by atoms with Gasteiger partial charge in [-0.05, 0) is 26.7 Å². The third kappa shape index (κ3) is 2.05. The van der Waals surface area contributed by atoms with Gasteiger partial charge in [-0.25, -0.2) is 0 Å². The number of hydrogen-bond acceptors (Lipinski definition) is 3. The van der Waals surface area contributed by atoms with Crippen LogP contribution < -0.4 is 0 Å². The number of hydrogen-bond donors (Lipinski definition) is 0. The Labute approximate surface area is 92.1 Å². The lowest BCUT2D eigenvalue weighted by molar-refractivity contribution is -0.134. The van der Waals surface area contributed by atoms with E-state index in [4.69, 9.17) is 14.2 Å². The highest BCUT2D eigenvalue weighted by molar-refractivity contribution is 5.05. The third-order valence-electron chi connectivity index (χ3n) is 3.78. The van der Waals surface area contributed by atoms with E-state index in [0.29, 0.717) is 5.92 Å². The SMILES string of the molecule is CO[C@@H]1C(OC(C)C)CC[C@]2(CO2)[C@H]1C. The van der Waals surface area contributed by atoms with Crippen molar-refractivity contribution < 1.29 is 14.2 Å². The zero-order chi connectivity index (χ0) is 11.1. The van der Waals surface area contributed by atoms with Crippen molar-refractivity contribution in [2.75, 3.05) is 13.7 Å². The summed E-state index contributed by atoms with van der Waals surface area (Å²) in [5.41, 5.74) is 0.123. The topological polar surface area (TPSA) is 31.0 Å². The highest BCUT2D eigenvalue weighted by Crippen LogP contribution is 2.47. The second kappa shape index (κ2) is 4.04. The Morgan fingerprint density at radius 1 is 1.40 bits per heavy atom. The van der Waals surface area contributed by atoms with Crippen molar-refractivity contribution >= 4 is 0 Å². The molecular weight excluding hydrogens is 192 g/mol. The zero-order valence-corrected chi connectivity index (χ0v) is 10.2. The van der Waals surface area contributed by atoms with Gasteiger partial charge in [0.25, 0.3) is 0 Å². The van der Waals surface area contributed by atoms with Crippen molar-refractivity contribution in [1.29, 1.82) is 0 Å². The fourth-order valence-corrected chi connectivity index (χ4v) is 2.75. The summed E-state index contributed by atoms with van der Waals surface area (Å²) in [6, 6.07) is 0. The molecule has 3 heteroatoms. The summed E-state index contributed by atoms with van der Waals surface area (Å²) >= 11 is 0. The molecule has 1 saturated heterocycles.